The molecule has 0 radical (unpaired) electrons. The first-order valence-electron chi connectivity index (χ1n) is 32.1. The average molecular weight is 1380 g/mol. The third-order valence-corrected chi connectivity index (χ3v) is 17.6. The van der Waals surface area contributed by atoms with Crippen molar-refractivity contribution in [2.75, 3.05) is 44.6 Å². The highest BCUT2D eigenvalue weighted by atomic mass is 35.5. The number of hydrogen-bond acceptors (Lipinski definition) is 22. The minimum atomic E-state index is -0.580. The number of aryl methyl sites for hydroxylation is 2. The van der Waals surface area contributed by atoms with Gasteiger partial charge in [-0.3, -0.25) is 4.99 Å². The largest absolute Gasteiger partial charge is 0.494 e. The molecule has 4 aliphatic heterocycles. The number of rotatable bonds is 9. The Morgan fingerprint density at radius 1 is 0.714 bits per heavy atom. The Morgan fingerprint density at radius 2 is 1.29 bits per heavy atom. The molecule has 1 unspecified atom stereocenters. The molecule has 0 saturated carbocycles. The quantitative estimate of drug-likeness (QED) is 0.0452. The molecule has 0 amide bonds. The number of anilines is 4. The summed E-state index contributed by atoms with van der Waals surface area (Å²) in [5.41, 5.74) is 16.7. The summed E-state index contributed by atoms with van der Waals surface area (Å²) in [5, 5.41) is 13.5. The molecule has 98 heavy (non-hydrogen) atoms. The van der Waals surface area contributed by atoms with Crippen LogP contribution in [0.5, 0.6) is 0 Å². The van der Waals surface area contributed by atoms with Crippen molar-refractivity contribution >= 4 is 133 Å². The van der Waals surface area contributed by atoms with Gasteiger partial charge in [-0.2, -0.15) is 9.78 Å². The molecule has 3 fully saturated rings. The Morgan fingerprint density at radius 3 is 1.82 bits per heavy atom. The lowest BCUT2D eigenvalue weighted by molar-refractivity contribution is 0.00578. The van der Waals surface area contributed by atoms with Crippen molar-refractivity contribution in [2.24, 2.45) is 23.5 Å². The van der Waals surface area contributed by atoms with Crippen LogP contribution in [0, 0.1) is 6.92 Å². The maximum absolute atomic E-state index is 12.2. The first kappa shape index (κ1) is 75.3. The van der Waals surface area contributed by atoms with Crippen molar-refractivity contribution in [1.82, 2.24) is 34.3 Å². The molecule has 23 nitrogen and oxygen atoms in total. The van der Waals surface area contributed by atoms with E-state index >= 15 is 0 Å². The van der Waals surface area contributed by atoms with Crippen LogP contribution in [0.2, 0.25) is 5.28 Å². The fourth-order valence-electron chi connectivity index (χ4n) is 9.78. The number of esters is 2. The molecule has 9 aromatic rings. The number of thiophene rings is 1. The zero-order chi connectivity index (χ0) is 71.5. The molecule has 0 spiro atoms. The van der Waals surface area contributed by atoms with Crippen molar-refractivity contribution in [2.45, 2.75) is 143 Å². The van der Waals surface area contributed by atoms with Crippen LogP contribution in [0.1, 0.15) is 128 Å². The lowest BCUT2D eigenvalue weighted by Gasteiger charge is -2.32. The summed E-state index contributed by atoms with van der Waals surface area (Å²) in [6.45, 7) is 29.9. The number of hydrogen-bond donors (Lipinski definition) is 4. The van der Waals surface area contributed by atoms with Crippen molar-refractivity contribution in [3.63, 3.8) is 0 Å². The molecule has 4 aromatic carbocycles. The van der Waals surface area contributed by atoms with E-state index in [1.807, 2.05) is 194 Å². The Hall–Kier alpha value is -8.43. The summed E-state index contributed by atoms with van der Waals surface area (Å²) >= 11 is 7.19. The van der Waals surface area contributed by atoms with E-state index in [1.54, 1.807) is 30.7 Å². The highest BCUT2D eigenvalue weighted by Crippen LogP contribution is 2.39. The number of nitrogens with zero attached hydrogens (tertiary/aromatic N) is 8. The van der Waals surface area contributed by atoms with Crippen molar-refractivity contribution in [1.29, 1.82) is 0 Å². The number of methoxy groups -OCH3 is 2. The van der Waals surface area contributed by atoms with E-state index in [1.165, 1.54) is 41.4 Å². The van der Waals surface area contributed by atoms with Crippen molar-refractivity contribution < 1.29 is 51.9 Å². The van der Waals surface area contributed by atoms with Gasteiger partial charge in [0.2, 0.25) is 5.28 Å². The fraction of sp³-hybridized carbons (Fsp3) is 0.394. The summed E-state index contributed by atoms with van der Waals surface area (Å²) in [7, 11) is 3.82. The van der Waals surface area contributed by atoms with Gasteiger partial charge in [-0.25, -0.2) is 34.3 Å². The number of nitrogens with two attached hydrogens (primary N) is 2. The van der Waals surface area contributed by atoms with Gasteiger partial charge in [-0.1, -0.05) is 56.3 Å². The molecule has 9 heterocycles. The number of ether oxygens (including phenoxy) is 4. The maximum Gasteiger partial charge on any atom is 0.494 e. The van der Waals surface area contributed by atoms with Crippen LogP contribution < -0.4 is 33.0 Å². The molecule has 4 aliphatic rings. The van der Waals surface area contributed by atoms with E-state index in [0.29, 0.717) is 34.0 Å². The van der Waals surface area contributed by atoms with Crippen LogP contribution in [-0.4, -0.2) is 147 Å². The number of aromatic nitrogens is 7. The van der Waals surface area contributed by atoms with E-state index < -0.39 is 25.9 Å². The third kappa shape index (κ3) is 19.7. The molecule has 0 bridgehead atoms. The lowest BCUT2D eigenvalue weighted by Crippen LogP contribution is -2.41. The molecule has 518 valence electrons. The van der Waals surface area contributed by atoms with E-state index in [2.05, 4.69) is 58.9 Å². The fourth-order valence-corrected chi connectivity index (χ4v) is 11.0. The van der Waals surface area contributed by atoms with Crippen molar-refractivity contribution in [3.05, 3.63) is 155 Å². The normalized spacial score (nSPS) is 16.8. The second-order valence-corrected chi connectivity index (χ2v) is 28.3. The van der Waals surface area contributed by atoms with Gasteiger partial charge in [0.1, 0.15) is 33.6 Å². The highest BCUT2D eigenvalue weighted by molar-refractivity contribution is 7.20. The van der Waals surface area contributed by atoms with Gasteiger partial charge < -0.3 is 64.2 Å². The summed E-state index contributed by atoms with van der Waals surface area (Å²) in [6, 6.07) is 33.6. The first-order chi connectivity index (χ1) is 46.1. The number of halogens is 1. The molecular formula is C71H89B2ClN12O11S. The van der Waals surface area contributed by atoms with Crippen LogP contribution >= 0.6 is 22.9 Å². The van der Waals surface area contributed by atoms with Crippen LogP contribution in [0.4, 0.5) is 27.8 Å². The molecule has 3 saturated heterocycles. The van der Waals surface area contributed by atoms with Gasteiger partial charge >= 0.3 is 32.3 Å². The maximum atomic E-state index is 12.2. The molecule has 27 heteroatoms. The highest BCUT2D eigenvalue weighted by Gasteiger charge is 2.53. The topological polar surface area (TPSA) is 288 Å². The van der Waals surface area contributed by atoms with Gasteiger partial charge in [0.25, 0.3) is 0 Å². The minimum absolute atomic E-state index is 0.166. The zero-order valence-corrected chi connectivity index (χ0v) is 60.4. The predicted octanol–water partition coefficient (Wildman–Crippen LogP) is 12.3. The molecule has 6 N–H and O–H groups in total. The molecule has 5 aromatic heterocycles. The number of carbonyl (C=O) groups excluding carboxylic acids is 3. The summed E-state index contributed by atoms with van der Waals surface area (Å²) in [4.78, 5) is 56.7. The Bertz CT molecular complexity index is 4280. The number of allylic oxidation sites excluding steroid dienone is 1. The van der Waals surface area contributed by atoms with E-state index in [9.17, 15) is 14.4 Å². The SMILES string of the molecule is CC(C)(C)OC(=O)n1ncc2cc(Nc3ccnc(Cl)n3)ccc21.CC(C)N.COC(=O)c1cc2ccc(B3OC(C)(C)C(C)(C)O3)cc2n1C.COC(=O)c1cc2ccc(B3OC(C)(C)C(C)(C)O3)cc2s1.Cc1nccc(Nc2ccc(C3=CCN=C3)cc2)n1.NC1CCOC1. The van der Waals surface area contributed by atoms with Gasteiger partial charge in [0.15, 0.2) is 0 Å². The monoisotopic (exact) mass is 1370 g/mol. The number of nitrogens with one attached hydrogen (secondary N) is 2. The smallest absolute Gasteiger partial charge is 0.465 e. The number of aliphatic imine (C=N–C) groups is 1. The predicted molar refractivity (Wildman–Crippen MR) is 391 cm³/mol. The van der Waals surface area contributed by atoms with Gasteiger partial charge in [0.05, 0.1) is 61.5 Å². The molecule has 1 atom stereocenters. The average Bonchev–Trinajstić information content (AvgIpc) is 1.63. The van der Waals surface area contributed by atoms with Crippen LogP contribution in [0.25, 0.3) is 37.5 Å². The molecule has 0 aliphatic carbocycles. The number of carbonyl (C=O) groups is 3. The van der Waals surface area contributed by atoms with Gasteiger partial charge in [-0.15, -0.1) is 11.3 Å². The van der Waals surface area contributed by atoms with Crippen molar-refractivity contribution in [3.8, 4) is 0 Å². The Kier molecular flexibility index (Phi) is 24.6. The Balaban J connectivity index is 0.000000159. The summed E-state index contributed by atoms with van der Waals surface area (Å²) in [6.07, 6.45) is 9.49. The zero-order valence-electron chi connectivity index (χ0n) is 58.8. The minimum Gasteiger partial charge on any atom is -0.465 e. The first-order valence-corrected chi connectivity index (χ1v) is 33.3. The molecular weight excluding hydrogens is 1290 g/mol. The van der Waals surface area contributed by atoms with Crippen LogP contribution in [-0.2, 0) is 44.6 Å². The van der Waals surface area contributed by atoms with E-state index in [4.69, 9.17) is 60.6 Å². The summed E-state index contributed by atoms with van der Waals surface area (Å²) in [5.74, 6) is 1.49. The van der Waals surface area contributed by atoms with Crippen LogP contribution in [0.15, 0.2) is 133 Å². The second kappa shape index (κ2) is 32.1. The molecule has 13 rings (SSSR count). The lowest BCUT2D eigenvalue weighted by atomic mass is 9.79. The second-order valence-electron chi connectivity index (χ2n) is 26.8. The van der Waals surface area contributed by atoms with E-state index in [0.717, 1.165) is 86.5 Å². The third-order valence-electron chi connectivity index (χ3n) is 16.4. The summed E-state index contributed by atoms with van der Waals surface area (Å²) < 4.78 is 48.3. The Labute approximate surface area is 582 Å². The van der Waals surface area contributed by atoms with E-state index in [-0.39, 0.29) is 39.6 Å². The number of benzene rings is 4. The van der Waals surface area contributed by atoms with Gasteiger partial charge in [0, 0.05) is 70.7 Å². The number of fused-ring (bicyclic) bond motifs is 3. The van der Waals surface area contributed by atoms with Crippen LogP contribution in [0.3, 0.4) is 0 Å². The van der Waals surface area contributed by atoms with Gasteiger partial charge in [-0.05, 0) is 201 Å². The standard InChI is InChI=1S/C17H22BNO4.C16H19BO4S.C16H16ClN5O2.C15H14N4.C4H9NO.C3H9N/c1-16(2)17(3,4)23-18(22-16)12-8-7-11-9-14(15(20)21-6)19(5)13(11)10-12;1-15(2)16(3,4)21-17(20-15)11-7-6-10-8-13(14(18)19-5)22-12(10)9-11;1-16(2,3)24-15(23)22-12-5-4-11(8-10(12)9-19-22)20-13-6-7-18-14(17)21-13;1-11-17-9-7-15(18-11)19-14-4-2-12(3-5-14)13-6-8-16-10-13;5-4-1-2-6-3-4;1-3(2)4/h7-10H,1-6H3;6-9H,1-5H3;4-9H,1-3H3,(H,18,20,21);2-7,9-10H,8H2,1H3,(H,17,18,19);4H,1-3,5H2;3H,4H2,1-2H3.